The number of ether oxygens (including phenoxy) is 1. The molecule has 0 amide bonds. The van der Waals surface area contributed by atoms with Crippen molar-refractivity contribution in [2.24, 2.45) is 0 Å². The van der Waals surface area contributed by atoms with Crippen molar-refractivity contribution in [2.75, 3.05) is 19.0 Å². The van der Waals surface area contributed by atoms with Gasteiger partial charge in [-0.3, -0.25) is 0 Å². The summed E-state index contributed by atoms with van der Waals surface area (Å²) in [5.74, 6) is 0.936. The summed E-state index contributed by atoms with van der Waals surface area (Å²) in [6, 6.07) is 0.768. The van der Waals surface area contributed by atoms with E-state index in [1.807, 2.05) is 12.4 Å². The normalized spacial score (nSPS) is 13.1. The van der Waals surface area contributed by atoms with Gasteiger partial charge in [-0.2, -0.15) is 0 Å². The van der Waals surface area contributed by atoms with Crippen LogP contribution in [0, 0.1) is 0 Å². The summed E-state index contributed by atoms with van der Waals surface area (Å²) >= 11 is 0. The largest absolute Gasteiger partial charge is 0.383 e. The Morgan fingerprint density at radius 2 is 2.25 bits per heavy atom. The summed E-state index contributed by atoms with van der Waals surface area (Å²) in [6.07, 6.45) is 6.07. The van der Waals surface area contributed by atoms with Crippen molar-refractivity contribution in [3.8, 4) is 0 Å². The zero-order valence-electron chi connectivity index (χ0n) is 10.7. The number of imidazole rings is 1. The lowest BCUT2D eigenvalue weighted by Crippen LogP contribution is -2.26. The van der Waals surface area contributed by atoms with Gasteiger partial charge in [-0.25, -0.2) is 4.98 Å². The van der Waals surface area contributed by atoms with Crippen molar-refractivity contribution in [3.05, 3.63) is 12.4 Å². The number of methoxy groups -OCH3 is 1. The minimum Gasteiger partial charge on any atom is -0.383 e. The Hall–Kier alpha value is -1.03. The van der Waals surface area contributed by atoms with Gasteiger partial charge in [0.2, 0.25) is 5.95 Å². The number of hydrogen-bond acceptors (Lipinski definition) is 3. The van der Waals surface area contributed by atoms with Crippen molar-refractivity contribution < 1.29 is 4.74 Å². The SMILES string of the molecule is CCCC(COC)Nc1nccn1C(C)C. The van der Waals surface area contributed by atoms with Crippen LogP contribution in [0.25, 0.3) is 0 Å². The van der Waals surface area contributed by atoms with E-state index in [4.69, 9.17) is 4.74 Å². The monoisotopic (exact) mass is 225 g/mol. The van der Waals surface area contributed by atoms with Crippen LogP contribution in [0.3, 0.4) is 0 Å². The molecule has 0 aliphatic rings. The predicted molar refractivity (Wildman–Crippen MR) is 66.8 cm³/mol. The zero-order valence-corrected chi connectivity index (χ0v) is 10.7. The lowest BCUT2D eigenvalue weighted by molar-refractivity contribution is 0.182. The Balaban J connectivity index is 2.64. The first-order chi connectivity index (χ1) is 7.69. The molecule has 1 heterocycles. The molecule has 0 fully saturated rings. The topological polar surface area (TPSA) is 39.1 Å². The first kappa shape index (κ1) is 13.0. The van der Waals surface area contributed by atoms with Crippen molar-refractivity contribution in [3.63, 3.8) is 0 Å². The fourth-order valence-corrected chi connectivity index (χ4v) is 1.77. The molecule has 1 aromatic heterocycles. The van der Waals surface area contributed by atoms with E-state index in [1.54, 1.807) is 7.11 Å². The first-order valence-electron chi connectivity index (χ1n) is 5.97. The van der Waals surface area contributed by atoms with E-state index >= 15 is 0 Å². The minimum absolute atomic E-state index is 0.342. The fraction of sp³-hybridized carbons (Fsp3) is 0.750. The van der Waals surface area contributed by atoms with E-state index in [1.165, 1.54) is 0 Å². The number of hydrogen-bond donors (Lipinski definition) is 1. The second-order valence-corrected chi connectivity index (χ2v) is 4.34. The van der Waals surface area contributed by atoms with Gasteiger partial charge in [-0.15, -0.1) is 0 Å². The Morgan fingerprint density at radius 1 is 1.50 bits per heavy atom. The highest BCUT2D eigenvalue weighted by Gasteiger charge is 2.11. The van der Waals surface area contributed by atoms with E-state index in [2.05, 4.69) is 35.6 Å². The molecule has 0 radical (unpaired) electrons. The van der Waals surface area contributed by atoms with E-state index in [-0.39, 0.29) is 0 Å². The van der Waals surface area contributed by atoms with Crippen molar-refractivity contribution in [1.82, 2.24) is 9.55 Å². The lowest BCUT2D eigenvalue weighted by atomic mass is 10.2. The summed E-state index contributed by atoms with van der Waals surface area (Å²) in [6.45, 7) is 7.20. The minimum atomic E-state index is 0.342. The lowest BCUT2D eigenvalue weighted by Gasteiger charge is -2.20. The molecule has 1 rings (SSSR count). The van der Waals surface area contributed by atoms with Crippen LogP contribution < -0.4 is 5.32 Å². The number of aromatic nitrogens is 2. The number of nitrogens with zero attached hydrogens (tertiary/aromatic N) is 2. The van der Waals surface area contributed by atoms with Gasteiger partial charge >= 0.3 is 0 Å². The molecule has 1 aromatic rings. The Morgan fingerprint density at radius 3 is 2.81 bits per heavy atom. The molecule has 1 unspecified atom stereocenters. The van der Waals surface area contributed by atoms with Crippen LogP contribution in [-0.2, 0) is 4.74 Å². The van der Waals surface area contributed by atoms with Gasteiger partial charge < -0.3 is 14.6 Å². The molecule has 0 bridgehead atoms. The molecule has 0 spiro atoms. The predicted octanol–water partition coefficient (Wildman–Crippen LogP) is 2.69. The van der Waals surface area contributed by atoms with Gasteiger partial charge in [0, 0.05) is 25.5 Å². The number of nitrogens with one attached hydrogen (secondary N) is 1. The molecular formula is C12H23N3O. The standard InChI is InChI=1S/C12H23N3O/c1-5-6-11(9-16-4)14-12-13-7-8-15(12)10(2)3/h7-8,10-11H,5-6,9H2,1-4H3,(H,13,14). The van der Waals surface area contributed by atoms with Gasteiger partial charge in [0.05, 0.1) is 12.6 Å². The molecule has 4 nitrogen and oxygen atoms in total. The highest BCUT2D eigenvalue weighted by molar-refractivity contribution is 5.28. The van der Waals surface area contributed by atoms with Crippen molar-refractivity contribution in [2.45, 2.75) is 45.7 Å². The van der Waals surface area contributed by atoms with Crippen LogP contribution in [0.5, 0.6) is 0 Å². The van der Waals surface area contributed by atoms with Crippen LogP contribution in [-0.4, -0.2) is 29.3 Å². The van der Waals surface area contributed by atoms with Crippen LogP contribution in [0.15, 0.2) is 12.4 Å². The van der Waals surface area contributed by atoms with Crippen LogP contribution in [0.2, 0.25) is 0 Å². The van der Waals surface area contributed by atoms with E-state index in [9.17, 15) is 0 Å². The Labute approximate surface area is 98.0 Å². The van der Waals surface area contributed by atoms with E-state index in [0.717, 1.165) is 25.4 Å². The fourth-order valence-electron chi connectivity index (χ4n) is 1.77. The third kappa shape index (κ3) is 3.52. The molecule has 0 saturated carbocycles. The van der Waals surface area contributed by atoms with Gasteiger partial charge in [0.15, 0.2) is 0 Å². The maximum absolute atomic E-state index is 5.21. The maximum Gasteiger partial charge on any atom is 0.203 e. The van der Waals surface area contributed by atoms with Gasteiger partial charge in [-0.1, -0.05) is 13.3 Å². The van der Waals surface area contributed by atoms with Gasteiger partial charge in [-0.05, 0) is 20.3 Å². The maximum atomic E-state index is 5.21. The third-order valence-corrected chi connectivity index (χ3v) is 2.56. The van der Waals surface area contributed by atoms with Crippen LogP contribution in [0.1, 0.15) is 39.7 Å². The average Bonchev–Trinajstić information content (AvgIpc) is 2.66. The third-order valence-electron chi connectivity index (χ3n) is 2.56. The summed E-state index contributed by atoms with van der Waals surface area (Å²) in [7, 11) is 1.74. The Kier molecular flexibility index (Phi) is 5.32. The first-order valence-corrected chi connectivity index (χ1v) is 5.97. The molecule has 16 heavy (non-hydrogen) atoms. The quantitative estimate of drug-likeness (QED) is 0.775. The molecule has 0 aliphatic heterocycles. The second-order valence-electron chi connectivity index (χ2n) is 4.34. The number of anilines is 1. The molecule has 0 aliphatic carbocycles. The highest BCUT2D eigenvalue weighted by atomic mass is 16.5. The highest BCUT2D eigenvalue weighted by Crippen LogP contribution is 2.14. The average molecular weight is 225 g/mol. The van der Waals surface area contributed by atoms with E-state index in [0.29, 0.717) is 12.1 Å². The summed E-state index contributed by atoms with van der Waals surface area (Å²) in [5, 5.41) is 3.44. The van der Waals surface area contributed by atoms with Gasteiger partial charge in [0.25, 0.3) is 0 Å². The Bertz CT molecular complexity index is 290. The summed E-state index contributed by atoms with van der Waals surface area (Å²) in [5.41, 5.74) is 0. The van der Waals surface area contributed by atoms with Gasteiger partial charge in [0.1, 0.15) is 0 Å². The number of rotatable bonds is 7. The molecular weight excluding hydrogens is 202 g/mol. The van der Waals surface area contributed by atoms with Crippen molar-refractivity contribution in [1.29, 1.82) is 0 Å². The molecule has 0 saturated heterocycles. The summed E-state index contributed by atoms with van der Waals surface area (Å²) < 4.78 is 7.34. The van der Waals surface area contributed by atoms with Crippen LogP contribution >= 0.6 is 0 Å². The molecule has 92 valence electrons. The second kappa shape index (κ2) is 6.53. The molecule has 1 N–H and O–H groups in total. The smallest absolute Gasteiger partial charge is 0.203 e. The molecule has 0 aromatic carbocycles. The molecule has 1 atom stereocenters. The summed E-state index contributed by atoms with van der Waals surface area (Å²) in [4.78, 5) is 4.34. The molecule has 4 heteroatoms. The van der Waals surface area contributed by atoms with Crippen LogP contribution in [0.4, 0.5) is 5.95 Å². The van der Waals surface area contributed by atoms with Crippen molar-refractivity contribution >= 4 is 5.95 Å². The van der Waals surface area contributed by atoms with E-state index < -0.39 is 0 Å². The zero-order chi connectivity index (χ0) is 12.0.